The first-order valence-corrected chi connectivity index (χ1v) is 4.29. The standard InChI is InChI=1S/C9H16O2/c1-7(10)9(11-2)8-5-3-4-6-8/h8-9H,3-6H2,1-2H3. The monoisotopic (exact) mass is 156 g/mol. The van der Waals surface area contributed by atoms with Crippen molar-refractivity contribution >= 4 is 5.78 Å². The second kappa shape index (κ2) is 3.86. The zero-order chi connectivity index (χ0) is 8.27. The van der Waals surface area contributed by atoms with Gasteiger partial charge in [-0.3, -0.25) is 4.79 Å². The van der Waals surface area contributed by atoms with Gasteiger partial charge in [0.1, 0.15) is 6.10 Å². The number of carbonyl (C=O) groups is 1. The summed E-state index contributed by atoms with van der Waals surface area (Å²) < 4.78 is 5.15. The molecule has 2 heteroatoms. The predicted octanol–water partition coefficient (Wildman–Crippen LogP) is 1.78. The Kier molecular flexibility index (Phi) is 3.06. The summed E-state index contributed by atoms with van der Waals surface area (Å²) in [6, 6.07) is 0. The Labute approximate surface area is 67.9 Å². The first-order chi connectivity index (χ1) is 5.25. The van der Waals surface area contributed by atoms with Crippen LogP contribution in [0.4, 0.5) is 0 Å². The van der Waals surface area contributed by atoms with E-state index in [4.69, 9.17) is 4.74 Å². The average molecular weight is 156 g/mol. The largest absolute Gasteiger partial charge is 0.373 e. The molecule has 0 radical (unpaired) electrons. The Morgan fingerprint density at radius 2 is 2.00 bits per heavy atom. The number of ether oxygens (including phenoxy) is 1. The summed E-state index contributed by atoms with van der Waals surface area (Å²) in [5.41, 5.74) is 0. The summed E-state index contributed by atoms with van der Waals surface area (Å²) in [7, 11) is 1.63. The van der Waals surface area contributed by atoms with Gasteiger partial charge < -0.3 is 4.74 Å². The van der Waals surface area contributed by atoms with Gasteiger partial charge in [0.15, 0.2) is 5.78 Å². The van der Waals surface area contributed by atoms with Crippen LogP contribution >= 0.6 is 0 Å². The minimum Gasteiger partial charge on any atom is -0.373 e. The molecule has 0 N–H and O–H groups in total. The predicted molar refractivity (Wildman–Crippen MR) is 43.4 cm³/mol. The summed E-state index contributed by atoms with van der Waals surface area (Å²) in [4.78, 5) is 11.0. The number of hydrogen-bond acceptors (Lipinski definition) is 2. The van der Waals surface area contributed by atoms with Crippen LogP contribution in [0, 0.1) is 5.92 Å². The molecule has 1 fully saturated rings. The van der Waals surface area contributed by atoms with Gasteiger partial charge in [0.2, 0.25) is 0 Å². The van der Waals surface area contributed by atoms with Crippen molar-refractivity contribution in [1.82, 2.24) is 0 Å². The van der Waals surface area contributed by atoms with Gasteiger partial charge in [-0.05, 0) is 25.7 Å². The maximum atomic E-state index is 11.0. The summed E-state index contributed by atoms with van der Waals surface area (Å²) >= 11 is 0. The number of Topliss-reactive ketones (excluding diaryl/α,β-unsaturated/α-hetero) is 1. The highest BCUT2D eigenvalue weighted by Gasteiger charge is 2.27. The Morgan fingerprint density at radius 1 is 1.45 bits per heavy atom. The number of rotatable bonds is 3. The summed E-state index contributed by atoms with van der Waals surface area (Å²) in [6.45, 7) is 1.62. The molecule has 0 saturated heterocycles. The molecular weight excluding hydrogens is 140 g/mol. The Hall–Kier alpha value is -0.370. The molecule has 2 nitrogen and oxygen atoms in total. The topological polar surface area (TPSA) is 26.3 Å². The van der Waals surface area contributed by atoms with Crippen molar-refractivity contribution in [3.8, 4) is 0 Å². The van der Waals surface area contributed by atoms with Crippen molar-refractivity contribution in [2.45, 2.75) is 38.7 Å². The number of carbonyl (C=O) groups excluding carboxylic acids is 1. The SMILES string of the molecule is COC(C(C)=O)C1CCCC1. The van der Waals surface area contributed by atoms with Crippen LogP contribution in [-0.2, 0) is 9.53 Å². The van der Waals surface area contributed by atoms with Gasteiger partial charge in [-0.1, -0.05) is 12.8 Å². The van der Waals surface area contributed by atoms with Crippen LogP contribution in [0.5, 0.6) is 0 Å². The van der Waals surface area contributed by atoms with E-state index in [1.165, 1.54) is 12.8 Å². The molecule has 0 aromatic carbocycles. The fourth-order valence-electron chi connectivity index (χ4n) is 1.95. The van der Waals surface area contributed by atoms with Crippen LogP contribution in [0.1, 0.15) is 32.6 Å². The number of methoxy groups -OCH3 is 1. The molecule has 0 aromatic heterocycles. The molecule has 0 aromatic rings. The molecule has 64 valence electrons. The van der Waals surface area contributed by atoms with E-state index in [-0.39, 0.29) is 11.9 Å². The first-order valence-electron chi connectivity index (χ1n) is 4.29. The molecule has 1 aliphatic rings. The van der Waals surface area contributed by atoms with Crippen molar-refractivity contribution in [3.63, 3.8) is 0 Å². The van der Waals surface area contributed by atoms with Gasteiger partial charge >= 0.3 is 0 Å². The van der Waals surface area contributed by atoms with Crippen LogP contribution in [0.2, 0.25) is 0 Å². The summed E-state index contributed by atoms with van der Waals surface area (Å²) in [6.07, 6.45) is 4.73. The van der Waals surface area contributed by atoms with E-state index in [1.54, 1.807) is 14.0 Å². The molecule has 1 aliphatic carbocycles. The minimum absolute atomic E-state index is 0.127. The molecule has 0 aliphatic heterocycles. The summed E-state index contributed by atoms with van der Waals surface area (Å²) in [5.74, 6) is 0.678. The number of ketones is 1. The molecule has 1 unspecified atom stereocenters. The van der Waals surface area contributed by atoms with Crippen LogP contribution in [0.15, 0.2) is 0 Å². The van der Waals surface area contributed by atoms with E-state index in [9.17, 15) is 4.79 Å². The average Bonchev–Trinajstić information content (AvgIpc) is 2.40. The van der Waals surface area contributed by atoms with Crippen LogP contribution in [0.3, 0.4) is 0 Å². The van der Waals surface area contributed by atoms with E-state index < -0.39 is 0 Å². The molecule has 0 spiro atoms. The quantitative estimate of drug-likeness (QED) is 0.622. The third kappa shape index (κ3) is 2.03. The molecule has 0 heterocycles. The molecule has 1 atom stereocenters. The fourth-order valence-corrected chi connectivity index (χ4v) is 1.95. The molecule has 0 amide bonds. The van der Waals surface area contributed by atoms with Crippen LogP contribution in [-0.4, -0.2) is 19.0 Å². The summed E-state index contributed by atoms with van der Waals surface area (Å²) in [5, 5.41) is 0. The first kappa shape index (κ1) is 8.72. The highest BCUT2D eigenvalue weighted by molar-refractivity contribution is 5.80. The lowest BCUT2D eigenvalue weighted by Crippen LogP contribution is -2.27. The van der Waals surface area contributed by atoms with Crippen LogP contribution in [0.25, 0.3) is 0 Å². The molecular formula is C9H16O2. The molecule has 0 bridgehead atoms. The maximum absolute atomic E-state index is 11.0. The van der Waals surface area contributed by atoms with Crippen molar-refractivity contribution in [3.05, 3.63) is 0 Å². The van der Waals surface area contributed by atoms with E-state index >= 15 is 0 Å². The third-order valence-corrected chi connectivity index (χ3v) is 2.48. The zero-order valence-electron chi connectivity index (χ0n) is 7.30. The molecule has 1 rings (SSSR count). The minimum atomic E-state index is -0.127. The second-order valence-electron chi connectivity index (χ2n) is 3.31. The lowest BCUT2D eigenvalue weighted by molar-refractivity contribution is -0.129. The highest BCUT2D eigenvalue weighted by atomic mass is 16.5. The second-order valence-corrected chi connectivity index (χ2v) is 3.31. The lowest BCUT2D eigenvalue weighted by Gasteiger charge is -2.18. The van der Waals surface area contributed by atoms with Gasteiger partial charge in [-0.2, -0.15) is 0 Å². The number of hydrogen-bond donors (Lipinski definition) is 0. The Balaban J connectivity index is 2.46. The van der Waals surface area contributed by atoms with Gasteiger partial charge in [0.05, 0.1) is 0 Å². The van der Waals surface area contributed by atoms with Crippen molar-refractivity contribution < 1.29 is 9.53 Å². The third-order valence-electron chi connectivity index (χ3n) is 2.48. The zero-order valence-corrected chi connectivity index (χ0v) is 7.30. The van der Waals surface area contributed by atoms with Gasteiger partial charge in [-0.25, -0.2) is 0 Å². The van der Waals surface area contributed by atoms with Crippen molar-refractivity contribution in [1.29, 1.82) is 0 Å². The maximum Gasteiger partial charge on any atom is 0.158 e. The van der Waals surface area contributed by atoms with E-state index in [0.717, 1.165) is 12.8 Å². The van der Waals surface area contributed by atoms with Crippen molar-refractivity contribution in [2.24, 2.45) is 5.92 Å². The van der Waals surface area contributed by atoms with Crippen LogP contribution < -0.4 is 0 Å². The van der Waals surface area contributed by atoms with Gasteiger partial charge in [0.25, 0.3) is 0 Å². The molecule has 11 heavy (non-hydrogen) atoms. The fraction of sp³-hybridized carbons (Fsp3) is 0.889. The van der Waals surface area contributed by atoms with E-state index in [0.29, 0.717) is 5.92 Å². The normalized spacial score (nSPS) is 22.0. The van der Waals surface area contributed by atoms with E-state index in [1.807, 2.05) is 0 Å². The highest BCUT2D eigenvalue weighted by Crippen LogP contribution is 2.29. The van der Waals surface area contributed by atoms with E-state index in [2.05, 4.69) is 0 Å². The lowest BCUT2D eigenvalue weighted by atomic mass is 9.98. The Morgan fingerprint density at radius 3 is 2.36 bits per heavy atom. The molecule has 1 saturated carbocycles. The van der Waals surface area contributed by atoms with Crippen molar-refractivity contribution in [2.75, 3.05) is 7.11 Å². The Bertz CT molecular complexity index is 136. The van der Waals surface area contributed by atoms with Gasteiger partial charge in [-0.15, -0.1) is 0 Å². The van der Waals surface area contributed by atoms with Gasteiger partial charge in [0, 0.05) is 7.11 Å². The smallest absolute Gasteiger partial charge is 0.158 e.